The quantitative estimate of drug-likeness (QED) is 0.786. The van der Waals surface area contributed by atoms with Crippen molar-refractivity contribution >= 4 is 22.8 Å². The third kappa shape index (κ3) is 2.99. The number of anilines is 1. The van der Waals surface area contributed by atoms with Crippen molar-refractivity contribution in [1.82, 2.24) is 9.97 Å². The molecule has 0 amide bonds. The Hall–Kier alpha value is -2.17. The van der Waals surface area contributed by atoms with Gasteiger partial charge in [-0.2, -0.15) is 0 Å². The first-order valence-corrected chi connectivity index (χ1v) is 6.17. The number of methoxy groups -OCH3 is 1. The fraction of sp³-hybridized carbons (Fsp3) is 0.357. The molecule has 2 aromatic rings. The molecule has 0 unspecified atom stereocenters. The highest BCUT2D eigenvalue weighted by Crippen LogP contribution is 2.17. The zero-order chi connectivity index (χ0) is 13.8. The fourth-order valence-electron chi connectivity index (χ4n) is 1.82. The number of para-hydroxylation sites is 2. The highest BCUT2D eigenvalue weighted by Gasteiger charge is 2.17. The lowest BCUT2D eigenvalue weighted by Crippen LogP contribution is -2.36. The van der Waals surface area contributed by atoms with E-state index in [0.29, 0.717) is 5.82 Å². The third-order valence-electron chi connectivity index (χ3n) is 2.88. The smallest absolute Gasteiger partial charge is 0.325 e. The molecule has 0 saturated carbocycles. The number of hydrogen-bond donors (Lipinski definition) is 0. The molecule has 0 fully saturated rings. The fourth-order valence-corrected chi connectivity index (χ4v) is 1.82. The van der Waals surface area contributed by atoms with Crippen molar-refractivity contribution in [3.05, 3.63) is 30.5 Å². The number of aromatic nitrogens is 2. The van der Waals surface area contributed by atoms with Gasteiger partial charge in [-0.1, -0.05) is 12.1 Å². The minimum atomic E-state index is -0.288. The molecule has 1 aromatic heterocycles. The lowest BCUT2D eigenvalue weighted by Gasteiger charge is -2.26. The van der Waals surface area contributed by atoms with E-state index in [-0.39, 0.29) is 18.6 Å². The summed E-state index contributed by atoms with van der Waals surface area (Å²) in [4.78, 5) is 22.2. The molecule has 0 saturated heterocycles. The Bertz CT molecular complexity index is 584. The van der Waals surface area contributed by atoms with Gasteiger partial charge in [0.15, 0.2) is 0 Å². The highest BCUT2D eigenvalue weighted by atomic mass is 16.5. The second kappa shape index (κ2) is 5.65. The number of carbonyl (C=O) groups excluding carboxylic acids is 1. The predicted molar refractivity (Wildman–Crippen MR) is 74.0 cm³/mol. The van der Waals surface area contributed by atoms with Crippen LogP contribution < -0.4 is 4.90 Å². The van der Waals surface area contributed by atoms with E-state index < -0.39 is 0 Å². The molecule has 1 aromatic carbocycles. The number of fused-ring (bicyclic) bond motifs is 1. The monoisotopic (exact) mass is 259 g/mol. The number of esters is 1. The maximum atomic E-state index is 11.5. The summed E-state index contributed by atoms with van der Waals surface area (Å²) in [7, 11) is 1.38. The van der Waals surface area contributed by atoms with E-state index >= 15 is 0 Å². The molecule has 1 heterocycles. The third-order valence-corrected chi connectivity index (χ3v) is 2.88. The zero-order valence-electron chi connectivity index (χ0n) is 11.3. The first-order valence-electron chi connectivity index (χ1n) is 6.17. The first kappa shape index (κ1) is 13.3. The van der Waals surface area contributed by atoms with Gasteiger partial charge in [0.05, 0.1) is 24.3 Å². The Morgan fingerprint density at radius 3 is 2.63 bits per heavy atom. The summed E-state index contributed by atoms with van der Waals surface area (Å²) in [6.07, 6.45) is 1.69. The molecule has 0 bridgehead atoms. The summed E-state index contributed by atoms with van der Waals surface area (Å²) in [5.74, 6) is 0.391. The van der Waals surface area contributed by atoms with Crippen molar-refractivity contribution < 1.29 is 9.53 Å². The summed E-state index contributed by atoms with van der Waals surface area (Å²) >= 11 is 0. The van der Waals surface area contributed by atoms with E-state index in [2.05, 4.69) is 9.97 Å². The molecule has 0 N–H and O–H groups in total. The molecule has 0 spiro atoms. The maximum Gasteiger partial charge on any atom is 0.325 e. The van der Waals surface area contributed by atoms with E-state index in [4.69, 9.17) is 4.74 Å². The van der Waals surface area contributed by atoms with Crippen LogP contribution in [0.1, 0.15) is 13.8 Å². The topological polar surface area (TPSA) is 55.3 Å². The number of carbonyl (C=O) groups is 1. The summed E-state index contributed by atoms with van der Waals surface area (Å²) < 4.78 is 4.71. The average molecular weight is 259 g/mol. The van der Waals surface area contributed by atoms with Gasteiger partial charge in [0.1, 0.15) is 12.4 Å². The van der Waals surface area contributed by atoms with Gasteiger partial charge in [0.25, 0.3) is 0 Å². The Balaban J connectivity index is 2.36. The SMILES string of the molecule is COC(=O)CN(c1cnc2ccccc2n1)C(C)C. The number of hydrogen-bond acceptors (Lipinski definition) is 5. The molecule has 0 aliphatic heterocycles. The predicted octanol–water partition coefficient (Wildman–Crippen LogP) is 2.02. The van der Waals surface area contributed by atoms with Gasteiger partial charge in [0, 0.05) is 6.04 Å². The maximum absolute atomic E-state index is 11.5. The lowest BCUT2D eigenvalue weighted by atomic mass is 10.3. The van der Waals surface area contributed by atoms with Crippen LogP contribution >= 0.6 is 0 Å². The van der Waals surface area contributed by atoms with Gasteiger partial charge in [-0.15, -0.1) is 0 Å². The zero-order valence-corrected chi connectivity index (χ0v) is 11.3. The van der Waals surface area contributed by atoms with E-state index in [1.165, 1.54) is 7.11 Å². The van der Waals surface area contributed by atoms with Gasteiger partial charge >= 0.3 is 5.97 Å². The highest BCUT2D eigenvalue weighted by molar-refractivity contribution is 5.78. The molecule has 0 atom stereocenters. The van der Waals surface area contributed by atoms with Crippen LogP contribution in [0.5, 0.6) is 0 Å². The van der Waals surface area contributed by atoms with Crippen molar-refractivity contribution in [2.75, 3.05) is 18.6 Å². The summed E-state index contributed by atoms with van der Waals surface area (Å²) in [6, 6.07) is 7.79. The van der Waals surface area contributed by atoms with Crippen molar-refractivity contribution in [3.8, 4) is 0 Å². The molecule has 100 valence electrons. The van der Waals surface area contributed by atoms with Crippen molar-refractivity contribution in [1.29, 1.82) is 0 Å². The van der Waals surface area contributed by atoms with Crippen LogP contribution in [0.25, 0.3) is 11.0 Å². The molecule has 19 heavy (non-hydrogen) atoms. The molecule has 0 aliphatic rings. The largest absolute Gasteiger partial charge is 0.468 e. The van der Waals surface area contributed by atoms with Crippen LogP contribution in [0.2, 0.25) is 0 Å². The molecular weight excluding hydrogens is 242 g/mol. The number of rotatable bonds is 4. The average Bonchev–Trinajstić information content (AvgIpc) is 2.43. The van der Waals surface area contributed by atoms with E-state index in [9.17, 15) is 4.79 Å². The number of nitrogens with zero attached hydrogens (tertiary/aromatic N) is 3. The van der Waals surface area contributed by atoms with Crippen molar-refractivity contribution in [2.45, 2.75) is 19.9 Å². The summed E-state index contributed by atoms with van der Waals surface area (Å²) in [6.45, 7) is 4.17. The second-order valence-corrected chi connectivity index (χ2v) is 4.51. The molecule has 0 radical (unpaired) electrons. The van der Waals surface area contributed by atoms with Crippen LogP contribution in [0.4, 0.5) is 5.82 Å². The standard InChI is InChI=1S/C14H17N3O2/c1-10(2)17(9-14(18)19-3)13-8-15-11-6-4-5-7-12(11)16-13/h4-8,10H,9H2,1-3H3. The lowest BCUT2D eigenvalue weighted by molar-refractivity contribution is -0.139. The van der Waals surface area contributed by atoms with Crippen LogP contribution in [0.3, 0.4) is 0 Å². The summed E-state index contributed by atoms with van der Waals surface area (Å²) in [5.41, 5.74) is 1.66. The minimum absolute atomic E-state index is 0.134. The van der Waals surface area contributed by atoms with Crippen molar-refractivity contribution in [2.24, 2.45) is 0 Å². The second-order valence-electron chi connectivity index (χ2n) is 4.51. The van der Waals surface area contributed by atoms with Gasteiger partial charge in [-0.25, -0.2) is 4.98 Å². The normalized spacial score (nSPS) is 10.7. The Morgan fingerprint density at radius 2 is 2.00 bits per heavy atom. The number of ether oxygens (including phenoxy) is 1. The Labute approximate surface area is 112 Å². The minimum Gasteiger partial charge on any atom is -0.468 e. The van der Waals surface area contributed by atoms with Gasteiger partial charge in [-0.05, 0) is 26.0 Å². The van der Waals surface area contributed by atoms with E-state index in [1.807, 2.05) is 43.0 Å². The molecule has 0 aliphatic carbocycles. The molecule has 2 rings (SSSR count). The first-order chi connectivity index (χ1) is 9.11. The molecule has 5 nitrogen and oxygen atoms in total. The molecular formula is C14H17N3O2. The summed E-state index contributed by atoms with van der Waals surface area (Å²) in [5, 5.41) is 0. The molecule has 5 heteroatoms. The van der Waals surface area contributed by atoms with Crippen LogP contribution in [-0.2, 0) is 9.53 Å². The number of benzene rings is 1. The van der Waals surface area contributed by atoms with Gasteiger partial charge in [-0.3, -0.25) is 9.78 Å². The van der Waals surface area contributed by atoms with Crippen molar-refractivity contribution in [3.63, 3.8) is 0 Å². The van der Waals surface area contributed by atoms with Gasteiger partial charge < -0.3 is 9.64 Å². The van der Waals surface area contributed by atoms with Crippen LogP contribution in [0, 0.1) is 0 Å². The van der Waals surface area contributed by atoms with Crippen LogP contribution in [0.15, 0.2) is 30.5 Å². The Morgan fingerprint density at radius 1 is 1.32 bits per heavy atom. The van der Waals surface area contributed by atoms with E-state index in [0.717, 1.165) is 11.0 Å². The Kier molecular flexibility index (Phi) is 3.94. The van der Waals surface area contributed by atoms with Gasteiger partial charge in [0.2, 0.25) is 0 Å². The van der Waals surface area contributed by atoms with Crippen LogP contribution in [-0.4, -0.2) is 35.6 Å². The van der Waals surface area contributed by atoms with E-state index in [1.54, 1.807) is 6.20 Å².